The van der Waals surface area contributed by atoms with Gasteiger partial charge in [-0.3, -0.25) is 0 Å². The van der Waals surface area contributed by atoms with Gasteiger partial charge in [-0.15, -0.1) is 0 Å². The van der Waals surface area contributed by atoms with Crippen LogP contribution in [-0.4, -0.2) is 26.9 Å². The molecule has 0 radical (unpaired) electrons. The highest BCUT2D eigenvalue weighted by Gasteiger charge is 2.22. The summed E-state index contributed by atoms with van der Waals surface area (Å²) in [5, 5.41) is 4.23. The minimum atomic E-state index is 0.181. The second-order valence-electron chi connectivity index (χ2n) is 5.55. The summed E-state index contributed by atoms with van der Waals surface area (Å²) in [5.74, 6) is 1.46. The lowest BCUT2D eigenvalue weighted by Gasteiger charge is -2.28. The molecule has 1 aliphatic carbocycles. The largest absolute Gasteiger partial charge is 0.369 e. The Morgan fingerprint density at radius 1 is 1.44 bits per heavy atom. The van der Waals surface area contributed by atoms with Crippen molar-refractivity contribution in [3.05, 3.63) is 12.2 Å². The lowest BCUT2D eigenvalue weighted by atomic mass is 9.93. The van der Waals surface area contributed by atoms with Crippen LogP contribution in [0.25, 0.3) is 0 Å². The number of hydrogen-bond donors (Lipinski definition) is 1. The van der Waals surface area contributed by atoms with E-state index in [-0.39, 0.29) is 12.1 Å². The Morgan fingerprint density at radius 3 is 2.94 bits per heavy atom. The van der Waals surface area contributed by atoms with Crippen molar-refractivity contribution in [2.24, 2.45) is 11.7 Å². The number of nitrogens with two attached hydrogens (primary N) is 1. The lowest BCUT2D eigenvalue weighted by molar-refractivity contribution is -0.000762. The van der Waals surface area contributed by atoms with Gasteiger partial charge in [-0.2, -0.15) is 5.10 Å². The van der Waals surface area contributed by atoms with Crippen molar-refractivity contribution in [3.8, 4) is 0 Å². The van der Waals surface area contributed by atoms with Gasteiger partial charge in [-0.05, 0) is 18.8 Å². The minimum Gasteiger partial charge on any atom is -0.369 e. The zero-order chi connectivity index (χ0) is 13.0. The van der Waals surface area contributed by atoms with E-state index >= 15 is 0 Å². The first-order valence-electron chi connectivity index (χ1n) is 6.90. The Hall–Kier alpha value is -0.940. The monoisotopic (exact) mass is 252 g/mol. The summed E-state index contributed by atoms with van der Waals surface area (Å²) in [6.45, 7) is 5.74. The molecule has 18 heavy (non-hydrogen) atoms. The molecule has 1 aromatic heterocycles. The van der Waals surface area contributed by atoms with Crippen molar-refractivity contribution in [2.75, 3.05) is 0 Å². The Kier molecular flexibility index (Phi) is 4.72. The van der Waals surface area contributed by atoms with E-state index in [1.807, 2.05) is 4.68 Å². The highest BCUT2D eigenvalue weighted by Crippen LogP contribution is 2.20. The summed E-state index contributed by atoms with van der Waals surface area (Å²) in [6.07, 6.45) is 6.37. The average molecular weight is 252 g/mol. The van der Waals surface area contributed by atoms with Gasteiger partial charge >= 0.3 is 0 Å². The Morgan fingerprint density at radius 2 is 2.22 bits per heavy atom. The predicted molar refractivity (Wildman–Crippen MR) is 69.9 cm³/mol. The van der Waals surface area contributed by atoms with Gasteiger partial charge in [-0.1, -0.05) is 26.7 Å². The second kappa shape index (κ2) is 6.29. The molecule has 1 aliphatic rings. The maximum absolute atomic E-state index is 6.07. The van der Waals surface area contributed by atoms with E-state index in [1.165, 1.54) is 12.8 Å². The van der Waals surface area contributed by atoms with Gasteiger partial charge in [0.1, 0.15) is 12.9 Å². The molecule has 1 heterocycles. The molecule has 1 aromatic rings. The second-order valence-corrected chi connectivity index (χ2v) is 5.55. The number of rotatable bonds is 5. The third-order valence-electron chi connectivity index (χ3n) is 3.41. The first-order chi connectivity index (χ1) is 8.66. The molecule has 0 spiro atoms. The number of nitrogens with zero attached hydrogens (tertiary/aromatic N) is 3. The van der Waals surface area contributed by atoms with Gasteiger partial charge in [0.2, 0.25) is 0 Å². The molecular weight excluding hydrogens is 228 g/mol. The molecule has 2 unspecified atom stereocenters. The molecular formula is C13H24N4O. The molecule has 2 rings (SSSR count). The summed E-state index contributed by atoms with van der Waals surface area (Å²) in [4.78, 5) is 4.26. The van der Waals surface area contributed by atoms with Crippen LogP contribution in [0, 0.1) is 5.92 Å². The van der Waals surface area contributed by atoms with Crippen LogP contribution in [0.1, 0.15) is 45.4 Å². The Labute approximate surface area is 109 Å². The van der Waals surface area contributed by atoms with Crippen LogP contribution in [0.4, 0.5) is 0 Å². The average Bonchev–Trinajstić information content (AvgIpc) is 2.75. The molecule has 2 N–H and O–H groups in total. The molecule has 5 heteroatoms. The van der Waals surface area contributed by atoms with Crippen LogP contribution >= 0.6 is 0 Å². The fourth-order valence-corrected chi connectivity index (χ4v) is 2.41. The zero-order valence-electron chi connectivity index (χ0n) is 11.4. The highest BCUT2D eigenvalue weighted by atomic mass is 16.5. The summed E-state index contributed by atoms with van der Waals surface area (Å²) in [5.41, 5.74) is 6.07. The van der Waals surface area contributed by atoms with Crippen LogP contribution in [0.3, 0.4) is 0 Å². The van der Waals surface area contributed by atoms with Gasteiger partial charge in [0.05, 0.1) is 6.10 Å². The van der Waals surface area contributed by atoms with Gasteiger partial charge in [0, 0.05) is 12.6 Å². The molecule has 1 fully saturated rings. The number of aromatic nitrogens is 3. The first kappa shape index (κ1) is 13.5. The Bertz CT molecular complexity index is 364. The summed E-state index contributed by atoms with van der Waals surface area (Å²) >= 11 is 0. The quantitative estimate of drug-likeness (QED) is 0.866. The van der Waals surface area contributed by atoms with Gasteiger partial charge < -0.3 is 10.5 Å². The summed E-state index contributed by atoms with van der Waals surface area (Å²) in [7, 11) is 0. The topological polar surface area (TPSA) is 66.0 Å². The smallest absolute Gasteiger partial charge is 0.152 e. The first-order valence-corrected chi connectivity index (χ1v) is 6.90. The van der Waals surface area contributed by atoms with Crippen molar-refractivity contribution in [3.63, 3.8) is 0 Å². The van der Waals surface area contributed by atoms with Crippen molar-refractivity contribution in [1.29, 1.82) is 0 Å². The summed E-state index contributed by atoms with van der Waals surface area (Å²) < 4.78 is 7.84. The number of ether oxygens (including phenoxy) is 1. The van der Waals surface area contributed by atoms with Gasteiger partial charge in [0.15, 0.2) is 5.82 Å². The van der Waals surface area contributed by atoms with E-state index in [0.717, 1.165) is 25.2 Å². The van der Waals surface area contributed by atoms with Crippen molar-refractivity contribution >= 4 is 0 Å². The Balaban J connectivity index is 1.87. The SMILES string of the molecule is CC(C)Cn1ncnc1COC1CCCCC1N. The van der Waals surface area contributed by atoms with Crippen molar-refractivity contribution in [2.45, 2.75) is 64.8 Å². The number of hydrogen-bond acceptors (Lipinski definition) is 4. The molecule has 0 amide bonds. The highest BCUT2D eigenvalue weighted by molar-refractivity contribution is 4.84. The van der Waals surface area contributed by atoms with E-state index in [1.54, 1.807) is 6.33 Å². The standard InChI is InChI=1S/C13H24N4O/c1-10(2)7-17-13(15-9-16-17)8-18-12-6-4-3-5-11(12)14/h9-12H,3-8,14H2,1-2H3. The predicted octanol–water partition coefficient (Wildman–Crippen LogP) is 1.72. The minimum absolute atomic E-state index is 0.181. The molecule has 0 aliphatic heterocycles. The summed E-state index contributed by atoms with van der Waals surface area (Å²) in [6, 6.07) is 0.181. The van der Waals surface area contributed by atoms with E-state index in [4.69, 9.17) is 10.5 Å². The molecule has 0 aromatic carbocycles. The van der Waals surface area contributed by atoms with Gasteiger partial charge in [0.25, 0.3) is 0 Å². The van der Waals surface area contributed by atoms with Crippen LogP contribution in [-0.2, 0) is 17.9 Å². The molecule has 2 atom stereocenters. The van der Waals surface area contributed by atoms with Crippen LogP contribution in [0.2, 0.25) is 0 Å². The van der Waals surface area contributed by atoms with Crippen molar-refractivity contribution in [1.82, 2.24) is 14.8 Å². The zero-order valence-corrected chi connectivity index (χ0v) is 11.4. The van der Waals surface area contributed by atoms with E-state index in [0.29, 0.717) is 12.5 Å². The van der Waals surface area contributed by atoms with Crippen LogP contribution < -0.4 is 5.73 Å². The van der Waals surface area contributed by atoms with E-state index in [2.05, 4.69) is 23.9 Å². The van der Waals surface area contributed by atoms with E-state index < -0.39 is 0 Å². The molecule has 1 saturated carbocycles. The van der Waals surface area contributed by atoms with E-state index in [9.17, 15) is 0 Å². The van der Waals surface area contributed by atoms with Crippen molar-refractivity contribution < 1.29 is 4.74 Å². The lowest BCUT2D eigenvalue weighted by Crippen LogP contribution is -2.39. The molecule has 0 saturated heterocycles. The van der Waals surface area contributed by atoms with Crippen LogP contribution in [0.5, 0.6) is 0 Å². The third-order valence-corrected chi connectivity index (χ3v) is 3.41. The maximum atomic E-state index is 6.07. The molecule has 102 valence electrons. The third kappa shape index (κ3) is 3.53. The molecule has 0 bridgehead atoms. The van der Waals surface area contributed by atoms with Gasteiger partial charge in [-0.25, -0.2) is 9.67 Å². The van der Waals surface area contributed by atoms with Crippen LogP contribution in [0.15, 0.2) is 6.33 Å². The molecule has 5 nitrogen and oxygen atoms in total. The normalized spacial score (nSPS) is 24.7. The fourth-order valence-electron chi connectivity index (χ4n) is 2.41. The maximum Gasteiger partial charge on any atom is 0.152 e. The fraction of sp³-hybridized carbons (Fsp3) is 0.846.